The summed E-state index contributed by atoms with van der Waals surface area (Å²) in [5.41, 5.74) is 0.573. The number of rotatable bonds is 8. The van der Waals surface area contributed by atoms with Gasteiger partial charge in [0.25, 0.3) is 5.56 Å². The Kier molecular flexibility index (Phi) is 6.73. The van der Waals surface area contributed by atoms with E-state index in [0.717, 1.165) is 23.6 Å². The van der Waals surface area contributed by atoms with Crippen LogP contribution in [0.1, 0.15) is 39.5 Å². The zero-order valence-corrected chi connectivity index (χ0v) is 17.5. The van der Waals surface area contributed by atoms with Gasteiger partial charge in [-0.15, -0.1) is 0 Å². The number of amides is 1. The fourth-order valence-corrected chi connectivity index (χ4v) is 4.07. The van der Waals surface area contributed by atoms with Crippen molar-refractivity contribution in [2.75, 3.05) is 5.75 Å². The Labute approximate surface area is 169 Å². The second-order valence-corrected chi connectivity index (χ2v) is 8.17. The molecule has 0 aliphatic rings. The molecule has 0 saturated heterocycles. The highest BCUT2D eigenvalue weighted by molar-refractivity contribution is 7.99. The van der Waals surface area contributed by atoms with Gasteiger partial charge >= 0.3 is 0 Å². The summed E-state index contributed by atoms with van der Waals surface area (Å²) >= 11 is 1.30. The molecule has 0 radical (unpaired) electrons. The maximum Gasteiger partial charge on any atom is 0.261 e. The highest BCUT2D eigenvalue weighted by Gasteiger charge is 2.13. The first-order chi connectivity index (χ1) is 13.5. The van der Waals surface area contributed by atoms with Gasteiger partial charge in [0, 0.05) is 13.1 Å². The predicted octanol–water partition coefficient (Wildman–Crippen LogP) is 4.26. The van der Waals surface area contributed by atoms with Gasteiger partial charge in [0.15, 0.2) is 5.16 Å². The van der Waals surface area contributed by atoms with Gasteiger partial charge in [0.2, 0.25) is 5.91 Å². The van der Waals surface area contributed by atoms with Gasteiger partial charge in [0.1, 0.15) is 0 Å². The summed E-state index contributed by atoms with van der Waals surface area (Å²) in [6, 6.07) is 11.9. The minimum atomic E-state index is -0.0911. The smallest absolute Gasteiger partial charge is 0.261 e. The van der Waals surface area contributed by atoms with Crippen molar-refractivity contribution >= 4 is 39.3 Å². The molecule has 1 N–H and O–H groups in total. The van der Waals surface area contributed by atoms with Crippen LogP contribution >= 0.6 is 11.8 Å². The summed E-state index contributed by atoms with van der Waals surface area (Å²) in [6.45, 7) is 4.21. The van der Waals surface area contributed by atoms with E-state index in [1.54, 1.807) is 7.05 Å². The van der Waals surface area contributed by atoms with Gasteiger partial charge in [-0.2, -0.15) is 0 Å². The first kappa shape index (κ1) is 20.4. The number of benzene rings is 2. The monoisotopic (exact) mass is 397 g/mol. The molecule has 3 aromatic rings. The van der Waals surface area contributed by atoms with E-state index < -0.39 is 0 Å². The summed E-state index contributed by atoms with van der Waals surface area (Å²) in [6.07, 6.45) is 4.48. The molecule has 148 valence electrons. The topological polar surface area (TPSA) is 64.0 Å². The Hall–Kier alpha value is -2.34. The summed E-state index contributed by atoms with van der Waals surface area (Å²) in [5.74, 6) is 0.221. The van der Waals surface area contributed by atoms with Crippen LogP contribution in [0.5, 0.6) is 0 Å². The van der Waals surface area contributed by atoms with E-state index in [9.17, 15) is 9.59 Å². The van der Waals surface area contributed by atoms with Gasteiger partial charge in [-0.3, -0.25) is 14.2 Å². The van der Waals surface area contributed by atoms with Crippen molar-refractivity contribution in [2.45, 2.75) is 50.7 Å². The SMILES string of the molecule is CCCCC[C@H](C)NC(=O)CSc1nc2cc3ccccc3cc2c(=O)n1C. The standard InChI is InChI=1S/C22H27N3O2S/c1-4-5-6-9-15(2)23-20(26)14-28-22-24-19-13-17-11-8-7-10-16(17)12-18(19)21(27)25(22)3/h7-8,10-13,15H,4-6,9,14H2,1-3H3,(H,23,26)/t15-/m0/s1. The molecule has 5 nitrogen and oxygen atoms in total. The van der Waals surface area contributed by atoms with Crippen LogP contribution in [-0.4, -0.2) is 27.3 Å². The Morgan fingerprint density at radius 2 is 1.93 bits per heavy atom. The van der Waals surface area contributed by atoms with Crippen molar-refractivity contribution in [2.24, 2.45) is 7.05 Å². The molecule has 1 amide bonds. The predicted molar refractivity (Wildman–Crippen MR) is 117 cm³/mol. The third-order valence-corrected chi connectivity index (χ3v) is 5.91. The zero-order valence-electron chi connectivity index (χ0n) is 16.7. The number of nitrogens with zero attached hydrogens (tertiary/aromatic N) is 2. The highest BCUT2D eigenvalue weighted by Crippen LogP contribution is 2.22. The quantitative estimate of drug-likeness (QED) is 0.267. The van der Waals surface area contributed by atoms with Crippen molar-refractivity contribution in [1.29, 1.82) is 0 Å². The molecule has 0 bridgehead atoms. The van der Waals surface area contributed by atoms with Crippen LogP contribution in [0.4, 0.5) is 0 Å². The summed E-state index contributed by atoms with van der Waals surface area (Å²) in [5, 5.41) is 6.25. The number of hydrogen-bond acceptors (Lipinski definition) is 4. The lowest BCUT2D eigenvalue weighted by Crippen LogP contribution is -2.34. The average Bonchev–Trinajstić information content (AvgIpc) is 2.68. The van der Waals surface area contributed by atoms with Crippen LogP contribution in [0.25, 0.3) is 21.7 Å². The van der Waals surface area contributed by atoms with Gasteiger partial charge in [0.05, 0.1) is 16.7 Å². The van der Waals surface area contributed by atoms with E-state index in [1.165, 1.54) is 29.2 Å². The van der Waals surface area contributed by atoms with E-state index in [4.69, 9.17) is 0 Å². The van der Waals surface area contributed by atoms with Crippen LogP contribution in [-0.2, 0) is 11.8 Å². The molecular formula is C22H27N3O2S. The van der Waals surface area contributed by atoms with Gasteiger partial charge in [-0.25, -0.2) is 4.98 Å². The van der Waals surface area contributed by atoms with Crippen molar-refractivity contribution in [3.63, 3.8) is 0 Å². The molecule has 28 heavy (non-hydrogen) atoms. The number of carbonyl (C=O) groups excluding carboxylic acids is 1. The molecule has 0 fully saturated rings. The van der Waals surface area contributed by atoms with Crippen LogP contribution < -0.4 is 10.9 Å². The Morgan fingerprint density at radius 1 is 1.21 bits per heavy atom. The number of fused-ring (bicyclic) bond motifs is 2. The molecule has 2 aromatic carbocycles. The fraction of sp³-hybridized carbons (Fsp3) is 0.409. The van der Waals surface area contributed by atoms with Gasteiger partial charge in [-0.1, -0.05) is 62.2 Å². The number of nitrogens with one attached hydrogen (secondary N) is 1. The molecular weight excluding hydrogens is 370 g/mol. The Balaban J connectivity index is 1.74. The molecule has 0 spiro atoms. The number of unbranched alkanes of at least 4 members (excludes halogenated alkanes) is 2. The van der Waals surface area contributed by atoms with Crippen LogP contribution in [0, 0.1) is 0 Å². The molecule has 6 heteroatoms. The van der Waals surface area contributed by atoms with E-state index in [1.807, 2.05) is 43.3 Å². The minimum absolute atomic E-state index is 0.0261. The third kappa shape index (κ3) is 4.73. The molecule has 3 rings (SSSR count). The summed E-state index contributed by atoms with van der Waals surface area (Å²) in [4.78, 5) is 29.7. The van der Waals surface area contributed by atoms with Gasteiger partial charge < -0.3 is 5.32 Å². The fourth-order valence-electron chi connectivity index (χ4n) is 3.29. The van der Waals surface area contributed by atoms with Crippen LogP contribution in [0.2, 0.25) is 0 Å². The van der Waals surface area contributed by atoms with Crippen LogP contribution in [0.15, 0.2) is 46.3 Å². The molecule has 1 heterocycles. The lowest BCUT2D eigenvalue weighted by Gasteiger charge is -2.14. The van der Waals surface area contributed by atoms with Gasteiger partial charge in [-0.05, 0) is 36.2 Å². The van der Waals surface area contributed by atoms with E-state index in [2.05, 4.69) is 17.2 Å². The molecule has 0 saturated carbocycles. The van der Waals surface area contributed by atoms with Crippen molar-refractivity contribution < 1.29 is 4.79 Å². The number of aromatic nitrogens is 2. The van der Waals surface area contributed by atoms with Crippen molar-refractivity contribution in [3.8, 4) is 0 Å². The molecule has 1 atom stereocenters. The van der Waals surface area contributed by atoms with Crippen LogP contribution in [0.3, 0.4) is 0 Å². The number of carbonyl (C=O) groups is 1. The second-order valence-electron chi connectivity index (χ2n) is 7.23. The molecule has 0 aliphatic carbocycles. The zero-order chi connectivity index (χ0) is 20.1. The first-order valence-electron chi connectivity index (χ1n) is 9.81. The molecule has 0 unspecified atom stereocenters. The maximum absolute atomic E-state index is 12.8. The first-order valence-corrected chi connectivity index (χ1v) is 10.8. The van der Waals surface area contributed by atoms with Crippen molar-refractivity contribution in [3.05, 3.63) is 46.8 Å². The largest absolute Gasteiger partial charge is 0.353 e. The van der Waals surface area contributed by atoms with E-state index in [0.29, 0.717) is 16.1 Å². The highest BCUT2D eigenvalue weighted by atomic mass is 32.2. The lowest BCUT2D eigenvalue weighted by atomic mass is 10.1. The molecule has 1 aromatic heterocycles. The maximum atomic E-state index is 12.8. The number of hydrogen-bond donors (Lipinski definition) is 1. The Morgan fingerprint density at radius 3 is 2.64 bits per heavy atom. The number of thioether (sulfide) groups is 1. The lowest BCUT2D eigenvalue weighted by molar-refractivity contribution is -0.119. The Bertz CT molecular complexity index is 1050. The summed E-state index contributed by atoms with van der Waals surface area (Å²) in [7, 11) is 1.71. The normalized spacial score (nSPS) is 12.4. The molecule has 0 aliphatic heterocycles. The average molecular weight is 398 g/mol. The third-order valence-electron chi connectivity index (χ3n) is 4.88. The van der Waals surface area contributed by atoms with E-state index >= 15 is 0 Å². The minimum Gasteiger partial charge on any atom is -0.353 e. The van der Waals surface area contributed by atoms with E-state index in [-0.39, 0.29) is 23.3 Å². The summed E-state index contributed by atoms with van der Waals surface area (Å²) < 4.78 is 1.53. The second kappa shape index (κ2) is 9.24. The van der Waals surface area contributed by atoms with Crippen molar-refractivity contribution in [1.82, 2.24) is 14.9 Å².